The van der Waals surface area contributed by atoms with Crippen LogP contribution in [0.1, 0.15) is 44.0 Å². The van der Waals surface area contributed by atoms with Crippen molar-refractivity contribution in [1.29, 1.82) is 0 Å². The molecule has 0 aliphatic heterocycles. The largest absolute Gasteiger partial charge is 0.495 e. The van der Waals surface area contributed by atoms with Gasteiger partial charge in [-0.15, -0.1) is 0 Å². The maximum absolute atomic E-state index is 12.8. The summed E-state index contributed by atoms with van der Waals surface area (Å²) in [6.07, 6.45) is 1.89. The minimum Gasteiger partial charge on any atom is -0.495 e. The molecule has 0 saturated carbocycles. The Morgan fingerprint density at radius 3 is 2.29 bits per heavy atom. The summed E-state index contributed by atoms with van der Waals surface area (Å²) in [5.74, 6) is 0.0526. The van der Waals surface area contributed by atoms with E-state index < -0.39 is 10.0 Å². The Bertz CT molecular complexity index is 655. The molecule has 0 unspecified atom stereocenters. The van der Waals surface area contributed by atoms with Gasteiger partial charge in [-0.3, -0.25) is 4.79 Å². The molecule has 136 valence electrons. The number of carbonyl (C=O) groups excluding carboxylic acids is 1. The zero-order chi connectivity index (χ0) is 18.3. The third kappa shape index (κ3) is 4.48. The average Bonchev–Trinajstić information content (AvgIpc) is 2.59. The fourth-order valence-electron chi connectivity index (χ4n) is 2.43. The lowest BCUT2D eigenvalue weighted by molar-refractivity contribution is 0.0793. The van der Waals surface area contributed by atoms with Gasteiger partial charge in [-0.2, -0.15) is 4.31 Å². The Morgan fingerprint density at radius 2 is 1.79 bits per heavy atom. The van der Waals surface area contributed by atoms with Crippen LogP contribution in [-0.4, -0.2) is 57.3 Å². The number of benzene rings is 1. The lowest BCUT2D eigenvalue weighted by Crippen LogP contribution is -2.31. The van der Waals surface area contributed by atoms with Crippen LogP contribution in [0.3, 0.4) is 0 Å². The summed E-state index contributed by atoms with van der Waals surface area (Å²) in [7, 11) is -0.560. The summed E-state index contributed by atoms with van der Waals surface area (Å²) in [5, 5.41) is 0. The zero-order valence-corrected chi connectivity index (χ0v) is 16.0. The van der Waals surface area contributed by atoms with Crippen molar-refractivity contribution >= 4 is 15.9 Å². The Hall–Kier alpha value is -1.60. The van der Waals surface area contributed by atoms with Gasteiger partial charge in [0.1, 0.15) is 10.6 Å². The van der Waals surface area contributed by atoms with Crippen LogP contribution >= 0.6 is 0 Å². The smallest absolute Gasteiger partial charge is 0.253 e. The average molecular weight is 356 g/mol. The first-order valence-electron chi connectivity index (χ1n) is 8.27. The molecule has 1 rings (SSSR count). The van der Waals surface area contributed by atoms with E-state index in [1.165, 1.54) is 23.5 Å². The van der Waals surface area contributed by atoms with E-state index in [-0.39, 0.29) is 16.6 Å². The summed E-state index contributed by atoms with van der Waals surface area (Å²) in [5.41, 5.74) is 0.347. The molecule has 0 fully saturated rings. The number of rotatable bonds is 9. The summed E-state index contributed by atoms with van der Waals surface area (Å²) in [4.78, 5) is 14.2. The van der Waals surface area contributed by atoms with Gasteiger partial charge >= 0.3 is 0 Å². The molecular weight excluding hydrogens is 328 g/mol. The van der Waals surface area contributed by atoms with E-state index in [0.717, 1.165) is 12.8 Å². The van der Waals surface area contributed by atoms with Gasteiger partial charge in [0.05, 0.1) is 7.11 Å². The van der Waals surface area contributed by atoms with Gasteiger partial charge in [0.2, 0.25) is 10.0 Å². The van der Waals surface area contributed by atoms with Crippen LogP contribution in [0.2, 0.25) is 0 Å². The Morgan fingerprint density at radius 1 is 1.17 bits per heavy atom. The summed E-state index contributed by atoms with van der Waals surface area (Å²) in [6.45, 7) is 6.97. The van der Waals surface area contributed by atoms with Crippen LogP contribution in [0.15, 0.2) is 23.1 Å². The second-order valence-corrected chi connectivity index (χ2v) is 7.44. The molecule has 0 aromatic heterocycles. The maximum Gasteiger partial charge on any atom is 0.253 e. The van der Waals surface area contributed by atoms with E-state index in [1.54, 1.807) is 31.9 Å². The molecule has 0 bridgehead atoms. The molecule has 1 aromatic rings. The number of carbonyl (C=O) groups is 1. The maximum atomic E-state index is 12.8. The molecule has 6 nitrogen and oxygen atoms in total. The highest BCUT2D eigenvalue weighted by molar-refractivity contribution is 7.89. The molecule has 0 aliphatic carbocycles. The van der Waals surface area contributed by atoms with Crippen molar-refractivity contribution < 1.29 is 17.9 Å². The van der Waals surface area contributed by atoms with Gasteiger partial charge in [0, 0.05) is 32.2 Å². The fraction of sp³-hybridized carbons (Fsp3) is 0.588. The molecule has 7 heteroatoms. The zero-order valence-electron chi connectivity index (χ0n) is 15.2. The highest BCUT2D eigenvalue weighted by Gasteiger charge is 2.27. The van der Waals surface area contributed by atoms with Crippen molar-refractivity contribution in [1.82, 2.24) is 9.21 Å². The first-order chi connectivity index (χ1) is 11.3. The molecule has 1 aromatic carbocycles. The second kappa shape index (κ2) is 9.03. The molecular formula is C17H28N2O4S. The van der Waals surface area contributed by atoms with E-state index in [4.69, 9.17) is 4.74 Å². The monoisotopic (exact) mass is 356 g/mol. The minimum absolute atomic E-state index is 0.0310. The SMILES string of the molecule is CCCCN(C)C(=O)c1ccc(OC)c(S(=O)(=O)N(CC)CC)c1. The molecule has 0 heterocycles. The van der Waals surface area contributed by atoms with Crippen molar-refractivity contribution in [2.75, 3.05) is 33.8 Å². The molecule has 24 heavy (non-hydrogen) atoms. The van der Waals surface area contributed by atoms with E-state index in [0.29, 0.717) is 25.2 Å². The second-order valence-electron chi connectivity index (χ2n) is 5.54. The lowest BCUT2D eigenvalue weighted by atomic mass is 10.2. The number of unbranched alkanes of at least 4 members (excludes halogenated alkanes) is 1. The predicted molar refractivity (Wildman–Crippen MR) is 95.0 cm³/mol. The highest BCUT2D eigenvalue weighted by Crippen LogP contribution is 2.28. The van der Waals surface area contributed by atoms with Crippen molar-refractivity contribution in [3.05, 3.63) is 23.8 Å². The third-order valence-electron chi connectivity index (χ3n) is 3.93. The first kappa shape index (κ1) is 20.4. The molecule has 0 aliphatic rings. The van der Waals surface area contributed by atoms with Crippen LogP contribution in [0.4, 0.5) is 0 Å². The molecule has 0 N–H and O–H groups in total. The van der Waals surface area contributed by atoms with Gasteiger partial charge in [0.15, 0.2) is 0 Å². The third-order valence-corrected chi connectivity index (χ3v) is 6.00. The van der Waals surface area contributed by atoms with Crippen LogP contribution in [-0.2, 0) is 10.0 Å². The molecule has 0 atom stereocenters. The summed E-state index contributed by atoms with van der Waals surface area (Å²) in [6, 6.07) is 4.55. The fourth-order valence-corrected chi connectivity index (χ4v) is 4.07. The van der Waals surface area contributed by atoms with E-state index in [9.17, 15) is 13.2 Å². The van der Waals surface area contributed by atoms with Crippen LogP contribution in [0.5, 0.6) is 5.75 Å². The first-order valence-corrected chi connectivity index (χ1v) is 9.71. The van der Waals surface area contributed by atoms with Crippen molar-refractivity contribution in [3.63, 3.8) is 0 Å². The Balaban J connectivity index is 3.29. The quantitative estimate of drug-likeness (QED) is 0.682. The standard InChI is InChI=1S/C17H28N2O4S/c1-6-9-12-18(4)17(20)14-10-11-15(23-5)16(13-14)24(21,22)19(7-2)8-3/h10-11,13H,6-9,12H2,1-5H3. The number of methoxy groups -OCH3 is 1. The van der Waals surface area contributed by atoms with E-state index in [1.807, 2.05) is 0 Å². The van der Waals surface area contributed by atoms with Crippen LogP contribution in [0, 0.1) is 0 Å². The van der Waals surface area contributed by atoms with E-state index in [2.05, 4.69) is 6.92 Å². The van der Waals surface area contributed by atoms with Crippen molar-refractivity contribution in [3.8, 4) is 5.75 Å². The Kier molecular flexibility index (Phi) is 7.69. The molecule has 1 amide bonds. The number of hydrogen-bond acceptors (Lipinski definition) is 4. The topological polar surface area (TPSA) is 66.9 Å². The van der Waals surface area contributed by atoms with Crippen LogP contribution in [0.25, 0.3) is 0 Å². The molecule has 0 spiro atoms. The van der Waals surface area contributed by atoms with Crippen molar-refractivity contribution in [2.45, 2.75) is 38.5 Å². The number of ether oxygens (including phenoxy) is 1. The number of nitrogens with zero attached hydrogens (tertiary/aromatic N) is 2. The lowest BCUT2D eigenvalue weighted by Gasteiger charge is -2.21. The number of amides is 1. The highest BCUT2D eigenvalue weighted by atomic mass is 32.2. The van der Waals surface area contributed by atoms with Crippen molar-refractivity contribution in [2.24, 2.45) is 0 Å². The predicted octanol–water partition coefficient (Wildman–Crippen LogP) is 2.60. The Labute approximate surface area is 145 Å². The normalized spacial score (nSPS) is 11.6. The van der Waals surface area contributed by atoms with Gasteiger partial charge in [-0.05, 0) is 24.6 Å². The molecule has 0 saturated heterocycles. The summed E-state index contributed by atoms with van der Waals surface area (Å²) >= 11 is 0. The molecule has 0 radical (unpaired) electrons. The van der Waals surface area contributed by atoms with Gasteiger partial charge in [0.25, 0.3) is 5.91 Å². The van der Waals surface area contributed by atoms with Gasteiger partial charge in [-0.1, -0.05) is 27.2 Å². The number of hydrogen-bond donors (Lipinski definition) is 0. The van der Waals surface area contributed by atoms with Gasteiger partial charge in [-0.25, -0.2) is 8.42 Å². The minimum atomic E-state index is -3.71. The van der Waals surface area contributed by atoms with E-state index >= 15 is 0 Å². The van der Waals surface area contributed by atoms with Crippen LogP contribution < -0.4 is 4.74 Å². The summed E-state index contributed by atoms with van der Waals surface area (Å²) < 4.78 is 32.2. The number of sulfonamides is 1. The van der Waals surface area contributed by atoms with Gasteiger partial charge < -0.3 is 9.64 Å².